The first-order valence-electron chi connectivity index (χ1n) is 3.83. The number of rotatable bonds is 7. The molecule has 0 bridgehead atoms. The fourth-order valence-electron chi connectivity index (χ4n) is 0.983. The highest BCUT2D eigenvalue weighted by molar-refractivity contribution is 4.68. The van der Waals surface area contributed by atoms with Gasteiger partial charge in [-0.15, -0.1) is 0 Å². The Morgan fingerprint density at radius 1 is 0.750 bits per heavy atom. The molecule has 0 saturated heterocycles. The van der Waals surface area contributed by atoms with E-state index in [4.69, 9.17) is 18.9 Å². The Labute approximate surface area is 73.7 Å². The lowest BCUT2D eigenvalue weighted by Gasteiger charge is -2.23. The molecular weight excluding hydrogens is 160 g/mol. The molecule has 4 nitrogen and oxygen atoms in total. The molecule has 0 fully saturated rings. The van der Waals surface area contributed by atoms with Gasteiger partial charge in [0.15, 0.2) is 0 Å². The molecule has 74 valence electrons. The zero-order valence-corrected chi connectivity index (χ0v) is 8.20. The Balaban J connectivity index is 3.84. The predicted octanol–water partition coefficient (Wildman–Crippen LogP) is 0.309. The lowest BCUT2D eigenvalue weighted by atomic mass is 10.2. The van der Waals surface area contributed by atoms with Gasteiger partial charge in [0.1, 0.15) is 12.2 Å². The second-order valence-corrected chi connectivity index (χ2v) is 2.46. The second-order valence-electron chi connectivity index (χ2n) is 2.46. The van der Waals surface area contributed by atoms with E-state index >= 15 is 0 Å². The maximum atomic E-state index is 5.17. The van der Waals surface area contributed by atoms with Crippen LogP contribution in [0.4, 0.5) is 0 Å². The average Bonchev–Trinajstić information content (AvgIpc) is 2.11. The lowest BCUT2D eigenvalue weighted by molar-refractivity contribution is -0.0912. The molecule has 0 aromatic rings. The van der Waals surface area contributed by atoms with Gasteiger partial charge in [0, 0.05) is 28.4 Å². The van der Waals surface area contributed by atoms with Gasteiger partial charge in [-0.05, 0) is 0 Å². The van der Waals surface area contributed by atoms with E-state index in [9.17, 15) is 0 Å². The molecule has 12 heavy (non-hydrogen) atoms. The van der Waals surface area contributed by atoms with Crippen molar-refractivity contribution >= 4 is 0 Å². The first-order chi connectivity index (χ1) is 5.79. The van der Waals surface area contributed by atoms with E-state index in [0.29, 0.717) is 13.2 Å². The lowest BCUT2D eigenvalue weighted by Crippen LogP contribution is -2.37. The van der Waals surface area contributed by atoms with E-state index in [1.165, 1.54) is 0 Å². The molecule has 2 atom stereocenters. The number of methoxy groups -OCH3 is 4. The molecule has 0 aliphatic rings. The van der Waals surface area contributed by atoms with Crippen molar-refractivity contribution in [3.05, 3.63) is 0 Å². The molecule has 0 aliphatic heterocycles. The number of ether oxygens (including phenoxy) is 4. The smallest absolute Gasteiger partial charge is 0.109 e. The zero-order chi connectivity index (χ0) is 9.40. The highest BCUT2D eigenvalue weighted by Crippen LogP contribution is 2.03. The van der Waals surface area contributed by atoms with Crippen LogP contribution >= 0.6 is 0 Å². The van der Waals surface area contributed by atoms with E-state index < -0.39 is 0 Å². The van der Waals surface area contributed by atoms with Crippen LogP contribution in [0, 0.1) is 0 Å². The van der Waals surface area contributed by atoms with Crippen LogP contribution in [0.25, 0.3) is 0 Å². The minimum absolute atomic E-state index is 0.0695. The third-order valence-electron chi connectivity index (χ3n) is 1.68. The van der Waals surface area contributed by atoms with Crippen LogP contribution in [0.3, 0.4) is 0 Å². The van der Waals surface area contributed by atoms with E-state index in [1.54, 1.807) is 28.4 Å². The number of hydrogen-bond acceptors (Lipinski definition) is 4. The van der Waals surface area contributed by atoms with Crippen molar-refractivity contribution < 1.29 is 18.9 Å². The molecule has 0 unspecified atom stereocenters. The van der Waals surface area contributed by atoms with Crippen LogP contribution in [0.15, 0.2) is 0 Å². The highest BCUT2D eigenvalue weighted by Gasteiger charge is 2.20. The topological polar surface area (TPSA) is 36.9 Å². The quantitative estimate of drug-likeness (QED) is 0.562. The van der Waals surface area contributed by atoms with Crippen LogP contribution in [0.1, 0.15) is 0 Å². The number of hydrogen-bond donors (Lipinski definition) is 0. The van der Waals surface area contributed by atoms with Gasteiger partial charge in [0.05, 0.1) is 13.2 Å². The molecule has 0 aromatic heterocycles. The van der Waals surface area contributed by atoms with Crippen LogP contribution in [-0.4, -0.2) is 53.9 Å². The van der Waals surface area contributed by atoms with Crippen molar-refractivity contribution in [3.63, 3.8) is 0 Å². The summed E-state index contributed by atoms with van der Waals surface area (Å²) in [5.41, 5.74) is 0. The first kappa shape index (κ1) is 11.8. The summed E-state index contributed by atoms with van der Waals surface area (Å²) in [6, 6.07) is 0. The molecule has 0 N–H and O–H groups in total. The summed E-state index contributed by atoms with van der Waals surface area (Å²) in [4.78, 5) is 0. The second kappa shape index (κ2) is 7.49. The maximum Gasteiger partial charge on any atom is 0.109 e. The van der Waals surface area contributed by atoms with Gasteiger partial charge >= 0.3 is 0 Å². The van der Waals surface area contributed by atoms with Crippen molar-refractivity contribution in [2.75, 3.05) is 41.7 Å². The van der Waals surface area contributed by atoms with E-state index in [-0.39, 0.29) is 12.2 Å². The van der Waals surface area contributed by atoms with Crippen LogP contribution in [0.5, 0.6) is 0 Å². The molecular formula is C8H18O4. The van der Waals surface area contributed by atoms with Crippen molar-refractivity contribution in [1.29, 1.82) is 0 Å². The summed E-state index contributed by atoms with van der Waals surface area (Å²) in [5, 5.41) is 0. The average molecular weight is 178 g/mol. The molecule has 0 amide bonds. The Hall–Kier alpha value is -0.160. The molecule has 0 saturated carbocycles. The van der Waals surface area contributed by atoms with Gasteiger partial charge < -0.3 is 18.9 Å². The molecule has 0 spiro atoms. The van der Waals surface area contributed by atoms with Gasteiger partial charge in [-0.2, -0.15) is 0 Å². The minimum Gasteiger partial charge on any atom is -0.382 e. The van der Waals surface area contributed by atoms with Gasteiger partial charge in [0.2, 0.25) is 0 Å². The van der Waals surface area contributed by atoms with Crippen molar-refractivity contribution in [1.82, 2.24) is 0 Å². The Morgan fingerprint density at radius 2 is 1.08 bits per heavy atom. The minimum atomic E-state index is -0.0695. The van der Waals surface area contributed by atoms with Gasteiger partial charge in [-0.3, -0.25) is 0 Å². The first-order valence-corrected chi connectivity index (χ1v) is 3.83. The fourth-order valence-corrected chi connectivity index (χ4v) is 0.983. The highest BCUT2D eigenvalue weighted by atomic mass is 16.6. The molecule has 4 heteroatoms. The van der Waals surface area contributed by atoms with Crippen LogP contribution < -0.4 is 0 Å². The van der Waals surface area contributed by atoms with Gasteiger partial charge in [-0.25, -0.2) is 0 Å². The third-order valence-corrected chi connectivity index (χ3v) is 1.68. The summed E-state index contributed by atoms with van der Waals surface area (Å²) in [6.07, 6.45) is -0.139. The maximum absolute atomic E-state index is 5.17. The van der Waals surface area contributed by atoms with Gasteiger partial charge in [0.25, 0.3) is 0 Å². The summed E-state index contributed by atoms with van der Waals surface area (Å²) >= 11 is 0. The van der Waals surface area contributed by atoms with Gasteiger partial charge in [-0.1, -0.05) is 0 Å². The molecule has 0 radical (unpaired) electrons. The Morgan fingerprint density at radius 3 is 1.25 bits per heavy atom. The Bertz CT molecular complexity index is 85.1. The summed E-state index contributed by atoms with van der Waals surface area (Å²) in [5.74, 6) is 0. The summed E-state index contributed by atoms with van der Waals surface area (Å²) < 4.78 is 20.3. The van der Waals surface area contributed by atoms with E-state index in [1.807, 2.05) is 0 Å². The summed E-state index contributed by atoms with van der Waals surface area (Å²) in [7, 11) is 6.52. The molecule has 0 rings (SSSR count). The third kappa shape index (κ3) is 4.01. The van der Waals surface area contributed by atoms with Crippen LogP contribution in [-0.2, 0) is 18.9 Å². The monoisotopic (exact) mass is 178 g/mol. The molecule has 0 heterocycles. The van der Waals surface area contributed by atoms with Crippen LogP contribution in [0.2, 0.25) is 0 Å². The van der Waals surface area contributed by atoms with Crippen molar-refractivity contribution in [3.8, 4) is 0 Å². The van der Waals surface area contributed by atoms with Crippen molar-refractivity contribution in [2.45, 2.75) is 12.2 Å². The largest absolute Gasteiger partial charge is 0.382 e. The molecule has 0 aliphatic carbocycles. The Kier molecular flexibility index (Phi) is 7.39. The fraction of sp³-hybridized carbons (Fsp3) is 1.00. The van der Waals surface area contributed by atoms with Crippen molar-refractivity contribution in [2.24, 2.45) is 0 Å². The molecule has 0 aromatic carbocycles. The van der Waals surface area contributed by atoms with E-state index in [0.717, 1.165) is 0 Å². The standard InChI is InChI=1S/C8H18O4/c1-9-5-7(11-3)8(12-4)6-10-2/h7-8H,5-6H2,1-4H3/t7-,8+. The van der Waals surface area contributed by atoms with E-state index in [2.05, 4.69) is 0 Å². The summed E-state index contributed by atoms with van der Waals surface area (Å²) in [6.45, 7) is 1.02. The normalized spacial score (nSPS) is 16.0. The SMILES string of the molecule is COC[C@H](OC)[C@@H](COC)OC. The zero-order valence-electron chi connectivity index (χ0n) is 8.20. The predicted molar refractivity (Wildman–Crippen MR) is 45.3 cm³/mol.